The summed E-state index contributed by atoms with van der Waals surface area (Å²) in [5, 5.41) is 5.46. The summed E-state index contributed by atoms with van der Waals surface area (Å²) in [6.45, 7) is 4.14. The van der Waals surface area contributed by atoms with Crippen molar-refractivity contribution in [3.63, 3.8) is 0 Å². The van der Waals surface area contributed by atoms with Gasteiger partial charge in [0.1, 0.15) is 0 Å². The third-order valence-corrected chi connectivity index (χ3v) is 3.96. The molecule has 0 bridgehead atoms. The first-order chi connectivity index (χ1) is 11.4. The number of urea groups is 1. The predicted molar refractivity (Wildman–Crippen MR) is 93.7 cm³/mol. The summed E-state index contributed by atoms with van der Waals surface area (Å²) in [6.07, 6.45) is 1.77. The highest BCUT2D eigenvalue weighted by Gasteiger charge is 2.32. The van der Waals surface area contributed by atoms with Gasteiger partial charge in [-0.05, 0) is 31.0 Å². The van der Waals surface area contributed by atoms with Gasteiger partial charge in [0.05, 0.1) is 18.2 Å². The number of hydrogen-bond donors (Lipinski definition) is 2. The molecule has 0 fully saturated rings. The molecule has 0 saturated carbocycles. The first kappa shape index (κ1) is 17.8. The van der Waals surface area contributed by atoms with Crippen molar-refractivity contribution in [2.45, 2.75) is 32.7 Å². The number of carbonyl (C=O) groups excluding carboxylic acids is 2. The van der Waals surface area contributed by atoms with E-state index in [1.54, 1.807) is 6.92 Å². The van der Waals surface area contributed by atoms with Crippen LogP contribution in [-0.4, -0.2) is 32.7 Å². The summed E-state index contributed by atoms with van der Waals surface area (Å²) >= 11 is 0. The van der Waals surface area contributed by atoms with E-state index in [1.165, 1.54) is 0 Å². The molecule has 1 aromatic carbocycles. The molecular weight excluding hydrogens is 306 g/mol. The molecule has 2 amide bonds. The van der Waals surface area contributed by atoms with E-state index in [1.807, 2.05) is 50.2 Å². The van der Waals surface area contributed by atoms with Crippen molar-refractivity contribution in [1.29, 1.82) is 0 Å². The Labute approximate surface area is 142 Å². The largest absolute Gasteiger partial charge is 0.462 e. The van der Waals surface area contributed by atoms with E-state index in [2.05, 4.69) is 10.6 Å². The molecule has 24 heavy (non-hydrogen) atoms. The summed E-state index contributed by atoms with van der Waals surface area (Å²) in [4.78, 5) is 26.3. The summed E-state index contributed by atoms with van der Waals surface area (Å²) < 4.78 is 5.34. The fourth-order valence-corrected chi connectivity index (χ4v) is 2.57. The molecule has 6 nitrogen and oxygen atoms in total. The highest BCUT2D eigenvalue weighted by Crippen LogP contribution is 2.28. The van der Waals surface area contributed by atoms with Crippen LogP contribution in [0.4, 0.5) is 10.5 Å². The van der Waals surface area contributed by atoms with Crippen LogP contribution in [0.1, 0.15) is 38.3 Å². The second kappa shape index (κ2) is 7.86. The number of ether oxygens (including phenoxy) is 1. The second-order valence-electron chi connectivity index (χ2n) is 6.05. The predicted octanol–water partition coefficient (Wildman–Crippen LogP) is 2.72. The number of nitrogens with one attached hydrogen (secondary N) is 2. The first-order valence-corrected chi connectivity index (χ1v) is 8.16. The molecule has 2 rings (SSSR count). The van der Waals surface area contributed by atoms with E-state index < -0.39 is 12.0 Å². The van der Waals surface area contributed by atoms with E-state index in [9.17, 15) is 9.59 Å². The van der Waals surface area contributed by atoms with Crippen LogP contribution in [-0.2, 0) is 9.53 Å². The molecule has 0 aliphatic carbocycles. The maximum Gasteiger partial charge on any atom is 0.338 e. The number of carbonyl (C=O) groups is 2. The van der Waals surface area contributed by atoms with Gasteiger partial charge in [-0.3, -0.25) is 0 Å². The Morgan fingerprint density at radius 3 is 2.50 bits per heavy atom. The van der Waals surface area contributed by atoms with Crippen LogP contribution in [0.5, 0.6) is 0 Å². The molecule has 0 spiro atoms. The molecule has 1 aliphatic rings. The standard InChI is InChI=1S/C18H25N3O3/c1-5-6-11-24-17(22)15-12(2)19-18(23)20-16(15)13-7-9-14(10-8-13)21(3)4/h7-10,16H,5-6,11H2,1-4H3,(H2,19,20,23)/t16-/m0/s1. The minimum Gasteiger partial charge on any atom is -0.462 e. The van der Waals surface area contributed by atoms with E-state index in [0.717, 1.165) is 24.1 Å². The van der Waals surface area contributed by atoms with Gasteiger partial charge in [0.25, 0.3) is 0 Å². The zero-order valence-corrected chi connectivity index (χ0v) is 14.7. The molecule has 1 heterocycles. The highest BCUT2D eigenvalue weighted by atomic mass is 16.5. The number of benzene rings is 1. The van der Waals surface area contributed by atoms with Gasteiger partial charge in [-0.15, -0.1) is 0 Å². The van der Waals surface area contributed by atoms with Gasteiger partial charge in [-0.1, -0.05) is 25.5 Å². The average molecular weight is 331 g/mol. The minimum atomic E-state index is -0.510. The van der Waals surface area contributed by atoms with Gasteiger partial charge in [0.15, 0.2) is 0 Å². The van der Waals surface area contributed by atoms with E-state index in [-0.39, 0.29) is 6.03 Å². The zero-order valence-electron chi connectivity index (χ0n) is 14.7. The third-order valence-electron chi connectivity index (χ3n) is 3.96. The van der Waals surface area contributed by atoms with Crippen LogP contribution in [0.3, 0.4) is 0 Å². The second-order valence-corrected chi connectivity index (χ2v) is 6.05. The van der Waals surface area contributed by atoms with Gasteiger partial charge in [-0.25, -0.2) is 9.59 Å². The van der Waals surface area contributed by atoms with Gasteiger partial charge in [0.2, 0.25) is 0 Å². The Balaban J connectivity index is 2.28. The van der Waals surface area contributed by atoms with Gasteiger partial charge >= 0.3 is 12.0 Å². The third kappa shape index (κ3) is 4.07. The Morgan fingerprint density at radius 1 is 1.25 bits per heavy atom. The van der Waals surface area contributed by atoms with Crippen molar-refractivity contribution in [2.24, 2.45) is 0 Å². The molecule has 1 aliphatic heterocycles. The van der Waals surface area contributed by atoms with Crippen molar-refractivity contribution in [3.8, 4) is 0 Å². The summed E-state index contributed by atoms with van der Waals surface area (Å²) in [6, 6.07) is 6.91. The molecular formula is C18H25N3O3. The average Bonchev–Trinajstić information content (AvgIpc) is 2.54. The quantitative estimate of drug-likeness (QED) is 0.621. The van der Waals surface area contributed by atoms with Crippen LogP contribution < -0.4 is 15.5 Å². The molecule has 0 unspecified atom stereocenters. The summed E-state index contributed by atoms with van der Waals surface area (Å²) in [5.41, 5.74) is 2.87. The normalized spacial score (nSPS) is 17.2. The fourth-order valence-electron chi connectivity index (χ4n) is 2.57. The summed E-state index contributed by atoms with van der Waals surface area (Å²) in [5.74, 6) is -0.393. The Kier molecular flexibility index (Phi) is 5.84. The van der Waals surface area contributed by atoms with Crippen LogP contribution in [0, 0.1) is 0 Å². The van der Waals surface area contributed by atoms with Crippen molar-refractivity contribution >= 4 is 17.7 Å². The SMILES string of the molecule is CCCCOC(=O)C1=C(C)NC(=O)N[C@H]1c1ccc(N(C)C)cc1. The monoisotopic (exact) mass is 331 g/mol. The van der Waals surface area contributed by atoms with Crippen molar-refractivity contribution in [3.05, 3.63) is 41.1 Å². The Hall–Kier alpha value is -2.50. The minimum absolute atomic E-state index is 0.320. The lowest BCUT2D eigenvalue weighted by Gasteiger charge is -2.28. The van der Waals surface area contributed by atoms with Gasteiger partial charge < -0.3 is 20.3 Å². The molecule has 6 heteroatoms. The van der Waals surface area contributed by atoms with E-state index >= 15 is 0 Å². The fraction of sp³-hybridized carbons (Fsp3) is 0.444. The number of anilines is 1. The number of esters is 1. The number of nitrogens with zero attached hydrogens (tertiary/aromatic N) is 1. The Bertz CT molecular complexity index is 635. The van der Waals surface area contributed by atoms with Crippen molar-refractivity contribution < 1.29 is 14.3 Å². The maximum atomic E-state index is 12.5. The molecule has 2 N–H and O–H groups in total. The highest BCUT2D eigenvalue weighted by molar-refractivity contribution is 5.95. The number of amides is 2. The topological polar surface area (TPSA) is 70.7 Å². The number of rotatable bonds is 6. The lowest BCUT2D eigenvalue weighted by molar-refractivity contribution is -0.139. The van der Waals surface area contributed by atoms with E-state index in [4.69, 9.17) is 4.74 Å². The maximum absolute atomic E-state index is 12.5. The lowest BCUT2D eigenvalue weighted by atomic mass is 9.95. The number of unbranched alkanes of at least 4 members (excludes halogenated alkanes) is 1. The molecule has 0 radical (unpaired) electrons. The van der Waals surface area contributed by atoms with E-state index in [0.29, 0.717) is 17.9 Å². The van der Waals surface area contributed by atoms with Crippen LogP contribution >= 0.6 is 0 Å². The zero-order chi connectivity index (χ0) is 17.7. The van der Waals surface area contributed by atoms with Crippen LogP contribution in [0.15, 0.2) is 35.5 Å². The number of hydrogen-bond acceptors (Lipinski definition) is 4. The Morgan fingerprint density at radius 2 is 1.92 bits per heavy atom. The molecule has 1 aromatic rings. The van der Waals surface area contributed by atoms with Crippen molar-refractivity contribution in [1.82, 2.24) is 10.6 Å². The smallest absolute Gasteiger partial charge is 0.338 e. The van der Waals surface area contributed by atoms with Crippen molar-refractivity contribution in [2.75, 3.05) is 25.6 Å². The molecule has 0 aromatic heterocycles. The van der Waals surface area contributed by atoms with Gasteiger partial charge in [-0.2, -0.15) is 0 Å². The number of allylic oxidation sites excluding steroid dienone is 1. The van der Waals surface area contributed by atoms with Gasteiger partial charge in [0, 0.05) is 25.5 Å². The lowest BCUT2D eigenvalue weighted by Crippen LogP contribution is -2.45. The molecule has 130 valence electrons. The molecule has 1 atom stereocenters. The van der Waals surface area contributed by atoms with Crippen LogP contribution in [0.2, 0.25) is 0 Å². The van der Waals surface area contributed by atoms with Crippen LogP contribution in [0.25, 0.3) is 0 Å². The molecule has 0 saturated heterocycles. The first-order valence-electron chi connectivity index (χ1n) is 8.16. The summed E-state index contributed by atoms with van der Waals surface area (Å²) in [7, 11) is 3.92.